The standard InChI is InChI=1S/C29H32FNO8.C23H22FNO3/c1-6-36-28(33)38-21(17-25(32)35-5)16-24(39-29(34)37-7-2)27-26(19-12-14-20(30)15-13-19)22-10-8-9-11-23(22)31(27)18(3)4;1-15(2)25-20-7-5-4-6-19(20)23(16-8-10-17(24)11-9-16)21(25)13-12-18(26)14-22(27)28-3/h8-15,17-18,24H,6-7,16H2,1-5H3;4-13,15H,14H2,1-3H3/b21-17-;13-12+. The van der Waals surface area contributed by atoms with Crippen LogP contribution in [-0.2, 0) is 42.8 Å². The van der Waals surface area contributed by atoms with Crippen LogP contribution in [0.1, 0.15) is 84.0 Å². The molecule has 6 aromatic rings. The zero-order valence-electron chi connectivity index (χ0n) is 38.7. The number of methoxy groups -OCH3 is 2. The van der Waals surface area contributed by atoms with Gasteiger partial charge < -0.3 is 37.6 Å². The third-order valence-electron chi connectivity index (χ3n) is 10.3. The van der Waals surface area contributed by atoms with Crippen molar-refractivity contribution < 1.29 is 61.2 Å². The van der Waals surface area contributed by atoms with Crippen LogP contribution in [0.15, 0.2) is 115 Å². The molecule has 0 fully saturated rings. The number of halogens is 2. The number of carbonyl (C=O) groups excluding carboxylic acids is 5. The van der Waals surface area contributed by atoms with Gasteiger partial charge in [-0.2, -0.15) is 0 Å². The normalized spacial score (nSPS) is 11.9. The lowest BCUT2D eigenvalue weighted by atomic mass is 9.97. The van der Waals surface area contributed by atoms with Crippen LogP contribution in [-0.4, -0.2) is 66.6 Å². The zero-order chi connectivity index (χ0) is 48.8. The summed E-state index contributed by atoms with van der Waals surface area (Å²) in [7, 11) is 2.43. The molecule has 6 rings (SSSR count). The predicted molar refractivity (Wildman–Crippen MR) is 250 cm³/mol. The van der Waals surface area contributed by atoms with Crippen molar-refractivity contribution in [1.29, 1.82) is 0 Å². The van der Waals surface area contributed by atoms with Crippen molar-refractivity contribution in [1.82, 2.24) is 9.13 Å². The molecule has 0 saturated heterocycles. The Labute approximate surface area is 387 Å². The van der Waals surface area contributed by atoms with E-state index in [1.807, 2.05) is 66.9 Å². The first kappa shape index (κ1) is 50.4. The first-order valence-electron chi connectivity index (χ1n) is 21.6. The van der Waals surface area contributed by atoms with Gasteiger partial charge in [0.25, 0.3) is 0 Å². The molecule has 15 heteroatoms. The maximum Gasteiger partial charge on any atom is 0.513 e. The lowest BCUT2D eigenvalue weighted by Crippen LogP contribution is -2.20. The Bertz CT molecular complexity index is 2770. The number of para-hydroxylation sites is 2. The predicted octanol–water partition coefficient (Wildman–Crippen LogP) is 12.0. The Kier molecular flexibility index (Phi) is 17.8. The molecule has 0 N–H and O–H groups in total. The number of carbonyl (C=O) groups is 5. The molecule has 13 nitrogen and oxygen atoms in total. The Balaban J connectivity index is 0.000000264. The molecular weight excluding hydrogens is 867 g/mol. The lowest BCUT2D eigenvalue weighted by Gasteiger charge is -2.24. The molecule has 1 atom stereocenters. The molecule has 67 heavy (non-hydrogen) atoms. The highest BCUT2D eigenvalue weighted by atomic mass is 19.1. The Morgan fingerprint density at radius 2 is 1.15 bits per heavy atom. The smallest absolute Gasteiger partial charge is 0.469 e. The SMILES string of the molecule is CCOC(=O)O/C(=C\C(=O)OC)CC(OC(=O)OCC)c1c(-c2ccc(F)cc2)c2ccccc2n1C(C)C.COC(=O)CC(=O)/C=C/c1c(-c2ccc(F)cc2)c2ccccc2n1C(C)C. The summed E-state index contributed by atoms with van der Waals surface area (Å²) >= 11 is 0. The number of rotatable bonds is 16. The van der Waals surface area contributed by atoms with E-state index in [4.69, 9.17) is 23.7 Å². The monoisotopic (exact) mass is 920 g/mol. The molecule has 0 amide bonds. The van der Waals surface area contributed by atoms with Crippen molar-refractivity contribution in [3.8, 4) is 22.3 Å². The van der Waals surface area contributed by atoms with E-state index in [0.717, 1.165) is 44.7 Å². The van der Waals surface area contributed by atoms with Crippen LogP contribution in [0.2, 0.25) is 0 Å². The molecule has 0 radical (unpaired) electrons. The number of ketones is 1. The molecule has 0 saturated carbocycles. The highest BCUT2D eigenvalue weighted by molar-refractivity contribution is 6.06. The van der Waals surface area contributed by atoms with Crippen molar-refractivity contribution in [3.63, 3.8) is 0 Å². The van der Waals surface area contributed by atoms with Crippen LogP contribution < -0.4 is 0 Å². The van der Waals surface area contributed by atoms with E-state index in [1.165, 1.54) is 44.6 Å². The van der Waals surface area contributed by atoms with E-state index in [-0.39, 0.29) is 55.5 Å². The summed E-state index contributed by atoms with van der Waals surface area (Å²) in [5.41, 5.74) is 6.37. The van der Waals surface area contributed by atoms with Gasteiger partial charge in [0.05, 0.1) is 44.9 Å². The van der Waals surface area contributed by atoms with Gasteiger partial charge in [-0.15, -0.1) is 0 Å². The van der Waals surface area contributed by atoms with Crippen molar-refractivity contribution in [2.24, 2.45) is 0 Å². The fourth-order valence-electron chi connectivity index (χ4n) is 7.66. The largest absolute Gasteiger partial charge is 0.513 e. The Hall–Kier alpha value is -7.55. The fourth-order valence-corrected chi connectivity index (χ4v) is 7.66. The van der Waals surface area contributed by atoms with Crippen molar-refractivity contribution in [2.45, 2.75) is 72.6 Å². The molecule has 352 valence electrons. The molecule has 4 aromatic carbocycles. The van der Waals surface area contributed by atoms with E-state index >= 15 is 0 Å². The number of esters is 2. The van der Waals surface area contributed by atoms with Crippen LogP contribution >= 0.6 is 0 Å². The van der Waals surface area contributed by atoms with Gasteiger partial charge in [0.15, 0.2) is 11.9 Å². The molecule has 2 heterocycles. The quantitative estimate of drug-likeness (QED) is 0.0300. The van der Waals surface area contributed by atoms with Crippen LogP contribution in [0.4, 0.5) is 18.4 Å². The molecular formula is C52H54F2N2O11. The van der Waals surface area contributed by atoms with E-state index in [0.29, 0.717) is 16.8 Å². The fraction of sp³-hybridized carbons (Fsp3) is 0.288. The highest BCUT2D eigenvalue weighted by Crippen LogP contribution is 2.43. The van der Waals surface area contributed by atoms with Gasteiger partial charge in [0, 0.05) is 51.4 Å². The average molecular weight is 921 g/mol. The topological polar surface area (TPSA) is 151 Å². The van der Waals surface area contributed by atoms with E-state index in [1.54, 1.807) is 44.2 Å². The first-order valence-corrected chi connectivity index (χ1v) is 21.6. The first-order chi connectivity index (χ1) is 32.1. The summed E-state index contributed by atoms with van der Waals surface area (Å²) in [5.74, 6) is -2.55. The van der Waals surface area contributed by atoms with Crippen LogP contribution in [0.25, 0.3) is 50.1 Å². The van der Waals surface area contributed by atoms with Crippen molar-refractivity contribution in [3.05, 3.63) is 138 Å². The minimum atomic E-state index is -1.11. The van der Waals surface area contributed by atoms with Gasteiger partial charge in [0.1, 0.15) is 23.8 Å². The van der Waals surface area contributed by atoms with Gasteiger partial charge in [-0.05, 0) is 101 Å². The Morgan fingerprint density at radius 3 is 1.67 bits per heavy atom. The Morgan fingerprint density at radius 1 is 0.642 bits per heavy atom. The number of fused-ring (bicyclic) bond motifs is 2. The van der Waals surface area contributed by atoms with E-state index in [9.17, 15) is 32.8 Å². The van der Waals surface area contributed by atoms with Gasteiger partial charge in [-0.25, -0.2) is 23.2 Å². The molecule has 0 aliphatic heterocycles. The van der Waals surface area contributed by atoms with Crippen molar-refractivity contribution >= 4 is 57.9 Å². The van der Waals surface area contributed by atoms with E-state index < -0.39 is 36.2 Å². The lowest BCUT2D eigenvalue weighted by molar-refractivity contribution is -0.142. The molecule has 2 aromatic heterocycles. The van der Waals surface area contributed by atoms with Crippen LogP contribution in [0, 0.1) is 11.6 Å². The minimum Gasteiger partial charge on any atom is -0.469 e. The second-order valence-electron chi connectivity index (χ2n) is 15.5. The van der Waals surface area contributed by atoms with Gasteiger partial charge >= 0.3 is 24.2 Å². The number of ether oxygens (including phenoxy) is 6. The average Bonchev–Trinajstić information content (AvgIpc) is 3.82. The number of allylic oxidation sites excluding steroid dienone is 1. The molecule has 0 bridgehead atoms. The number of hydrogen-bond donors (Lipinski definition) is 0. The molecule has 0 aliphatic carbocycles. The minimum absolute atomic E-state index is 0.0450. The third-order valence-corrected chi connectivity index (χ3v) is 10.3. The third kappa shape index (κ3) is 12.6. The molecule has 0 spiro atoms. The number of benzene rings is 4. The van der Waals surface area contributed by atoms with Gasteiger partial charge in [-0.1, -0.05) is 60.7 Å². The number of nitrogens with zero attached hydrogens (tertiary/aromatic N) is 2. The summed E-state index contributed by atoms with van der Waals surface area (Å²) in [6, 6.07) is 27.8. The summed E-state index contributed by atoms with van der Waals surface area (Å²) in [6.07, 6.45) is 0.459. The summed E-state index contributed by atoms with van der Waals surface area (Å²) in [5, 5.41) is 1.85. The van der Waals surface area contributed by atoms with Gasteiger partial charge in [-0.3, -0.25) is 9.59 Å². The van der Waals surface area contributed by atoms with Gasteiger partial charge in [0.2, 0.25) is 0 Å². The summed E-state index contributed by atoms with van der Waals surface area (Å²) in [6.45, 7) is 11.4. The second-order valence-corrected chi connectivity index (χ2v) is 15.5. The van der Waals surface area contributed by atoms with Crippen LogP contribution in [0.5, 0.6) is 0 Å². The maximum absolute atomic E-state index is 13.9. The number of aromatic nitrogens is 2. The summed E-state index contributed by atoms with van der Waals surface area (Å²) < 4.78 is 61.8. The molecule has 1 unspecified atom stereocenters. The number of hydrogen-bond acceptors (Lipinski definition) is 11. The second kappa shape index (κ2) is 23.6. The van der Waals surface area contributed by atoms with E-state index in [2.05, 4.69) is 23.2 Å². The zero-order valence-corrected chi connectivity index (χ0v) is 38.7. The highest BCUT2D eigenvalue weighted by Gasteiger charge is 2.32. The molecule has 0 aliphatic rings. The maximum atomic E-state index is 13.9. The van der Waals surface area contributed by atoms with Crippen molar-refractivity contribution in [2.75, 3.05) is 27.4 Å². The van der Waals surface area contributed by atoms with Crippen LogP contribution in [0.3, 0.4) is 0 Å². The summed E-state index contributed by atoms with van der Waals surface area (Å²) in [4.78, 5) is 60.5.